The molecule has 4 heterocycles. The van der Waals surface area contributed by atoms with Gasteiger partial charge in [0.05, 0.1) is 0 Å². The van der Waals surface area contributed by atoms with Gasteiger partial charge in [0.15, 0.2) is 11.6 Å². The highest BCUT2D eigenvalue weighted by atomic mass is 32.1. The molecule has 2 bridgehead atoms. The number of aromatic nitrogens is 3. The van der Waals surface area contributed by atoms with Crippen LogP contribution in [0, 0.1) is 5.82 Å². The minimum atomic E-state index is -0.526. The van der Waals surface area contributed by atoms with Crippen molar-refractivity contribution in [2.45, 2.75) is 31.1 Å². The summed E-state index contributed by atoms with van der Waals surface area (Å²) < 4.78 is 17.0. The quantitative estimate of drug-likeness (QED) is 0.339. The van der Waals surface area contributed by atoms with E-state index in [1.54, 1.807) is 31.4 Å². The normalized spacial score (nSPS) is 19.7. The molecule has 1 amide bonds. The molecule has 3 aromatic heterocycles. The fourth-order valence-corrected chi connectivity index (χ4v) is 8.08. The van der Waals surface area contributed by atoms with Gasteiger partial charge in [-0.3, -0.25) is 9.59 Å². The molecule has 2 unspecified atom stereocenters. The molecule has 7 rings (SSSR count). The van der Waals surface area contributed by atoms with Crippen LogP contribution in [0.3, 0.4) is 0 Å². The second kappa shape index (κ2) is 10.3. The van der Waals surface area contributed by atoms with E-state index in [-0.39, 0.29) is 5.56 Å². The van der Waals surface area contributed by atoms with Crippen molar-refractivity contribution >= 4 is 34.6 Å². The predicted octanol–water partition coefficient (Wildman–Crippen LogP) is 4.67. The van der Waals surface area contributed by atoms with Crippen LogP contribution in [0.2, 0.25) is 0 Å². The zero-order valence-corrected chi connectivity index (χ0v) is 24.4. The van der Waals surface area contributed by atoms with Crippen LogP contribution >= 0.6 is 11.3 Å². The highest BCUT2D eigenvalue weighted by molar-refractivity contribution is 7.15. The number of aryl methyl sites for hydroxylation is 1. The Morgan fingerprint density at radius 1 is 1.02 bits per heavy atom. The van der Waals surface area contributed by atoms with Crippen molar-refractivity contribution in [2.24, 2.45) is 12.8 Å². The molecule has 11 heteroatoms. The van der Waals surface area contributed by atoms with Gasteiger partial charge in [0.1, 0.15) is 16.4 Å². The lowest BCUT2D eigenvalue weighted by Gasteiger charge is -2.32. The number of likely N-dealkylation sites (N-methyl/N-ethyl adjacent to an activating group) is 1. The number of amides is 1. The number of thiophene rings is 1. The third-order valence-electron chi connectivity index (χ3n) is 8.90. The maximum absolute atomic E-state index is 15.5. The topological polar surface area (TPSA) is 109 Å². The SMILES string of the molecule is CN1CCN(c2ccc(Nc3cc(-c4ccc(F)c(-c5c(C(N)=O)sc6c5C5CCC6C5)c4)cn(C)c3=O)nn2)CC1. The van der Waals surface area contributed by atoms with Gasteiger partial charge >= 0.3 is 0 Å². The smallest absolute Gasteiger partial charge is 0.274 e. The Hall–Kier alpha value is -4.09. The van der Waals surface area contributed by atoms with Crippen LogP contribution in [0.5, 0.6) is 0 Å². The summed E-state index contributed by atoms with van der Waals surface area (Å²) in [5.74, 6) is 1.11. The van der Waals surface area contributed by atoms with Gasteiger partial charge in [-0.25, -0.2) is 4.39 Å². The number of primary amides is 1. The fourth-order valence-electron chi connectivity index (χ4n) is 6.68. The summed E-state index contributed by atoms with van der Waals surface area (Å²) in [5, 5.41) is 11.8. The Kier molecular flexibility index (Phi) is 6.58. The van der Waals surface area contributed by atoms with Gasteiger partial charge in [-0.05, 0) is 79.6 Å². The molecular weight excluding hydrogens is 553 g/mol. The number of fused-ring (bicyclic) bond motifs is 5. The minimum Gasteiger partial charge on any atom is -0.365 e. The number of carbonyl (C=O) groups is 1. The van der Waals surface area contributed by atoms with E-state index in [0.29, 0.717) is 39.3 Å². The fraction of sp³-hybridized carbons (Fsp3) is 0.355. The summed E-state index contributed by atoms with van der Waals surface area (Å²) >= 11 is 1.43. The Labute approximate surface area is 246 Å². The average molecular weight is 586 g/mol. The van der Waals surface area contributed by atoms with E-state index in [0.717, 1.165) is 67.9 Å². The van der Waals surface area contributed by atoms with Crippen molar-refractivity contribution < 1.29 is 9.18 Å². The number of nitrogens with two attached hydrogens (primary N) is 1. The summed E-state index contributed by atoms with van der Waals surface area (Å²) in [4.78, 5) is 31.6. The van der Waals surface area contributed by atoms with Gasteiger partial charge in [-0.15, -0.1) is 21.5 Å². The van der Waals surface area contributed by atoms with Gasteiger partial charge in [0.25, 0.3) is 11.5 Å². The standard InChI is InChI=1S/C31H32FN7O2S/c1-37-9-11-39(12-10-37)25-8-7-24(35-36-25)34-23-15-20(16-38(2)31(23)41)17-5-6-22(32)21(14-17)27-26-18-3-4-19(13-18)28(26)42-29(27)30(33)40/h5-8,14-16,18-19H,3-4,9-13H2,1-2H3,(H2,33,40)(H,34,35). The van der Waals surface area contributed by atoms with Crippen molar-refractivity contribution in [1.82, 2.24) is 19.7 Å². The van der Waals surface area contributed by atoms with Crippen molar-refractivity contribution in [3.05, 3.63) is 74.1 Å². The van der Waals surface area contributed by atoms with Crippen LogP contribution in [0.1, 0.15) is 51.2 Å². The molecule has 42 heavy (non-hydrogen) atoms. The second-order valence-corrected chi connectivity index (χ2v) is 12.7. The molecule has 0 spiro atoms. The first-order valence-corrected chi connectivity index (χ1v) is 15.1. The van der Waals surface area contributed by atoms with Crippen LogP contribution in [0.4, 0.5) is 21.7 Å². The van der Waals surface area contributed by atoms with E-state index in [9.17, 15) is 9.59 Å². The zero-order chi connectivity index (χ0) is 29.1. The summed E-state index contributed by atoms with van der Waals surface area (Å²) in [6.45, 7) is 3.71. The average Bonchev–Trinajstić information content (AvgIpc) is 3.70. The third kappa shape index (κ3) is 4.57. The van der Waals surface area contributed by atoms with E-state index in [1.807, 2.05) is 12.1 Å². The number of nitrogens with one attached hydrogen (secondary N) is 1. The second-order valence-electron chi connectivity index (χ2n) is 11.6. The highest BCUT2D eigenvalue weighted by Gasteiger charge is 2.42. The number of benzene rings is 1. The molecule has 2 fully saturated rings. The van der Waals surface area contributed by atoms with Crippen LogP contribution in [0.25, 0.3) is 22.3 Å². The van der Waals surface area contributed by atoms with E-state index in [2.05, 4.69) is 32.4 Å². The number of anilines is 3. The molecular formula is C31H32FN7O2S. The lowest BCUT2D eigenvalue weighted by molar-refractivity contribution is 0.100. The van der Waals surface area contributed by atoms with E-state index >= 15 is 4.39 Å². The van der Waals surface area contributed by atoms with Gasteiger partial charge in [0, 0.05) is 61.0 Å². The van der Waals surface area contributed by atoms with Crippen molar-refractivity contribution in [1.29, 1.82) is 0 Å². The minimum absolute atomic E-state index is 0.228. The van der Waals surface area contributed by atoms with Gasteiger partial charge < -0.3 is 25.4 Å². The van der Waals surface area contributed by atoms with Gasteiger partial charge in [0.2, 0.25) is 0 Å². The Balaban J connectivity index is 1.22. The van der Waals surface area contributed by atoms with Crippen LogP contribution in [-0.2, 0) is 7.05 Å². The number of halogens is 1. The molecule has 9 nitrogen and oxygen atoms in total. The molecule has 1 aromatic carbocycles. The Morgan fingerprint density at radius 2 is 1.81 bits per heavy atom. The summed E-state index contributed by atoms with van der Waals surface area (Å²) in [7, 11) is 3.78. The number of nitrogens with zero attached hydrogens (tertiary/aromatic N) is 5. The summed E-state index contributed by atoms with van der Waals surface area (Å²) in [6.07, 6.45) is 4.94. The lowest BCUT2D eigenvalue weighted by atomic mass is 9.89. The molecule has 4 aromatic rings. The molecule has 1 saturated carbocycles. The Morgan fingerprint density at radius 3 is 2.55 bits per heavy atom. The maximum atomic E-state index is 15.5. The largest absolute Gasteiger partial charge is 0.365 e. The van der Waals surface area contributed by atoms with Crippen LogP contribution < -0.4 is 21.5 Å². The van der Waals surface area contributed by atoms with Crippen molar-refractivity contribution in [2.75, 3.05) is 43.4 Å². The number of hydrogen-bond acceptors (Lipinski definition) is 8. The Bertz CT molecular complexity index is 1760. The number of rotatable bonds is 6. The first-order valence-electron chi connectivity index (χ1n) is 14.3. The summed E-state index contributed by atoms with van der Waals surface area (Å²) in [5.41, 5.74) is 9.46. The molecule has 1 aliphatic heterocycles. The lowest BCUT2D eigenvalue weighted by Crippen LogP contribution is -2.44. The number of piperazine rings is 1. The van der Waals surface area contributed by atoms with Crippen molar-refractivity contribution in [3.8, 4) is 22.3 Å². The number of pyridine rings is 1. The first-order chi connectivity index (χ1) is 20.3. The highest BCUT2D eigenvalue weighted by Crippen LogP contribution is 2.60. The van der Waals surface area contributed by atoms with E-state index in [4.69, 9.17) is 5.73 Å². The molecule has 2 atom stereocenters. The maximum Gasteiger partial charge on any atom is 0.274 e. The van der Waals surface area contributed by atoms with Gasteiger partial charge in [-0.2, -0.15) is 0 Å². The number of hydrogen-bond donors (Lipinski definition) is 2. The number of carbonyl (C=O) groups excluding carboxylic acids is 1. The predicted molar refractivity (Wildman–Crippen MR) is 163 cm³/mol. The molecule has 1 saturated heterocycles. The summed E-state index contributed by atoms with van der Waals surface area (Å²) in [6, 6.07) is 10.3. The molecule has 3 aliphatic rings. The van der Waals surface area contributed by atoms with E-state index < -0.39 is 11.7 Å². The molecule has 2 aliphatic carbocycles. The van der Waals surface area contributed by atoms with E-state index in [1.165, 1.54) is 26.8 Å². The zero-order valence-electron chi connectivity index (χ0n) is 23.6. The molecule has 0 radical (unpaired) electrons. The molecule has 216 valence electrons. The van der Waals surface area contributed by atoms with Crippen LogP contribution in [0.15, 0.2) is 47.4 Å². The van der Waals surface area contributed by atoms with Crippen molar-refractivity contribution in [3.63, 3.8) is 0 Å². The van der Waals surface area contributed by atoms with Gasteiger partial charge in [-0.1, -0.05) is 6.07 Å². The molecule has 3 N–H and O–H groups in total. The van der Waals surface area contributed by atoms with Crippen LogP contribution in [-0.4, -0.2) is 58.8 Å². The first kappa shape index (κ1) is 26.8. The monoisotopic (exact) mass is 585 g/mol. The third-order valence-corrected chi connectivity index (χ3v) is 10.3.